The van der Waals surface area contributed by atoms with E-state index in [9.17, 15) is 4.57 Å². The van der Waals surface area contributed by atoms with E-state index in [1.54, 1.807) is 0 Å². The van der Waals surface area contributed by atoms with E-state index < -0.39 is 8.46 Å². The predicted molar refractivity (Wildman–Crippen MR) is 37.3 cm³/mol. The first-order valence-corrected chi connectivity index (χ1v) is 4.52. The average Bonchev–Trinajstić information content (AvgIpc) is 1.90. The van der Waals surface area contributed by atoms with Crippen LogP contribution in [0, 0.1) is 0 Å². The molecule has 1 fully saturated rings. The lowest BCUT2D eigenvalue weighted by atomic mass is 10.0. The Morgan fingerprint density at radius 1 is 1.12 bits per heavy atom. The lowest BCUT2D eigenvalue weighted by Crippen LogP contribution is -2.03. The van der Waals surface area contributed by atoms with Gasteiger partial charge in [0, 0.05) is 5.66 Å². The molecule has 1 rings (SSSR count). The fourth-order valence-corrected chi connectivity index (χ4v) is 2.01. The molecule has 0 aliphatic heterocycles. The second-order valence-electron chi connectivity index (χ2n) is 2.53. The molecule has 0 amide bonds. The molecule has 0 heterocycles. The van der Waals surface area contributed by atoms with Crippen LogP contribution in [-0.4, -0.2) is 5.66 Å². The predicted octanol–water partition coefficient (Wildman–Crippen LogP) is 2.08. The number of hydrogen-bond acceptors (Lipinski definition) is 1. The minimum absolute atomic E-state index is 0.462. The summed E-state index contributed by atoms with van der Waals surface area (Å²) in [6.45, 7) is 0. The smallest absolute Gasteiger partial charge is 0.0674 e. The zero-order valence-corrected chi connectivity index (χ0v) is 6.25. The normalized spacial score (nSPS) is 25.0. The van der Waals surface area contributed by atoms with E-state index in [0.29, 0.717) is 5.66 Å². The lowest BCUT2D eigenvalue weighted by Gasteiger charge is -2.14. The summed E-state index contributed by atoms with van der Waals surface area (Å²) in [6, 6.07) is 0. The Morgan fingerprint density at radius 2 is 1.75 bits per heavy atom. The van der Waals surface area contributed by atoms with Crippen LogP contribution < -0.4 is 0 Å². The second kappa shape index (κ2) is 3.29. The molecule has 0 aromatic heterocycles. The molecule has 0 bridgehead atoms. The van der Waals surface area contributed by atoms with E-state index in [1.165, 1.54) is 32.1 Å². The topological polar surface area (TPSA) is 17.1 Å². The summed E-state index contributed by atoms with van der Waals surface area (Å²) in [7, 11) is -0.462. The molecule has 1 aliphatic carbocycles. The molecule has 48 valence electrons. The highest BCUT2D eigenvalue weighted by atomic mass is 31.1. The van der Waals surface area contributed by atoms with Gasteiger partial charge in [0.2, 0.25) is 0 Å². The van der Waals surface area contributed by atoms with Crippen molar-refractivity contribution < 1.29 is 4.57 Å². The zero-order valence-electron chi connectivity index (χ0n) is 5.10. The average molecular weight is 132 g/mol. The summed E-state index contributed by atoms with van der Waals surface area (Å²) < 4.78 is 10.4. The van der Waals surface area contributed by atoms with Crippen molar-refractivity contribution in [1.82, 2.24) is 0 Å². The molecule has 0 radical (unpaired) electrons. The molecule has 0 N–H and O–H groups in total. The highest BCUT2D eigenvalue weighted by Gasteiger charge is 2.09. The van der Waals surface area contributed by atoms with Crippen molar-refractivity contribution in [3.63, 3.8) is 0 Å². The van der Waals surface area contributed by atoms with Gasteiger partial charge < -0.3 is 4.57 Å². The molecule has 1 unspecified atom stereocenters. The molecule has 0 aromatic carbocycles. The highest BCUT2D eigenvalue weighted by Crippen LogP contribution is 2.26. The molecule has 2 heteroatoms. The summed E-state index contributed by atoms with van der Waals surface area (Å²) in [4.78, 5) is 0. The zero-order chi connectivity index (χ0) is 5.82. The maximum absolute atomic E-state index is 10.4. The molecule has 1 atom stereocenters. The molecular formula is C6H13OP. The van der Waals surface area contributed by atoms with Gasteiger partial charge in [0.1, 0.15) is 0 Å². The minimum atomic E-state index is -0.462. The van der Waals surface area contributed by atoms with Crippen LogP contribution in [-0.2, 0) is 4.57 Å². The van der Waals surface area contributed by atoms with Crippen LogP contribution >= 0.6 is 8.46 Å². The van der Waals surface area contributed by atoms with E-state index in [0.717, 1.165) is 0 Å². The fourth-order valence-electron chi connectivity index (χ4n) is 1.27. The van der Waals surface area contributed by atoms with E-state index in [4.69, 9.17) is 0 Å². The Bertz CT molecular complexity index is 76.6. The minimum Gasteiger partial charge on any atom is -0.330 e. The van der Waals surface area contributed by atoms with Gasteiger partial charge in [-0.3, -0.25) is 0 Å². The van der Waals surface area contributed by atoms with Crippen molar-refractivity contribution >= 4 is 8.46 Å². The highest BCUT2D eigenvalue weighted by molar-refractivity contribution is 7.24. The van der Waals surface area contributed by atoms with E-state index >= 15 is 0 Å². The third-order valence-corrected chi connectivity index (χ3v) is 2.89. The molecule has 1 nitrogen and oxygen atoms in total. The second-order valence-corrected chi connectivity index (χ2v) is 3.75. The van der Waals surface area contributed by atoms with Crippen molar-refractivity contribution in [2.75, 3.05) is 0 Å². The first-order chi connectivity index (χ1) is 3.93. The van der Waals surface area contributed by atoms with Crippen LogP contribution in [0.4, 0.5) is 0 Å². The van der Waals surface area contributed by atoms with Gasteiger partial charge in [-0.1, -0.05) is 19.3 Å². The maximum atomic E-state index is 10.4. The van der Waals surface area contributed by atoms with E-state index in [1.807, 2.05) is 0 Å². The van der Waals surface area contributed by atoms with Crippen molar-refractivity contribution in [3.8, 4) is 0 Å². The first kappa shape index (κ1) is 6.35. The van der Waals surface area contributed by atoms with E-state index in [2.05, 4.69) is 0 Å². The standard InChI is InChI=1S/C6H13OP/c7-8-6-4-2-1-3-5-6/h6H,1-5,8H2. The van der Waals surface area contributed by atoms with Crippen molar-refractivity contribution in [1.29, 1.82) is 0 Å². The van der Waals surface area contributed by atoms with Crippen LogP contribution in [0.1, 0.15) is 32.1 Å². The Hall–Kier alpha value is 0.230. The molecule has 0 spiro atoms. The van der Waals surface area contributed by atoms with Crippen LogP contribution in [0.25, 0.3) is 0 Å². The number of hydrogen-bond donors (Lipinski definition) is 0. The Balaban J connectivity index is 2.22. The van der Waals surface area contributed by atoms with Gasteiger partial charge in [-0.25, -0.2) is 0 Å². The Labute approximate surface area is 51.7 Å². The van der Waals surface area contributed by atoms with Crippen LogP contribution in [0.15, 0.2) is 0 Å². The Morgan fingerprint density at radius 3 is 2.12 bits per heavy atom. The molecule has 1 saturated carbocycles. The molecular weight excluding hydrogens is 119 g/mol. The fraction of sp³-hybridized carbons (Fsp3) is 1.00. The van der Waals surface area contributed by atoms with Gasteiger partial charge >= 0.3 is 0 Å². The van der Waals surface area contributed by atoms with Crippen molar-refractivity contribution in [2.24, 2.45) is 0 Å². The van der Waals surface area contributed by atoms with Gasteiger partial charge in [0.25, 0.3) is 0 Å². The largest absolute Gasteiger partial charge is 0.330 e. The molecule has 0 aromatic rings. The first-order valence-electron chi connectivity index (χ1n) is 3.39. The molecule has 8 heavy (non-hydrogen) atoms. The van der Waals surface area contributed by atoms with Gasteiger partial charge in [0.05, 0.1) is 8.46 Å². The summed E-state index contributed by atoms with van der Waals surface area (Å²) in [6.07, 6.45) is 6.48. The summed E-state index contributed by atoms with van der Waals surface area (Å²) in [5.74, 6) is 0. The summed E-state index contributed by atoms with van der Waals surface area (Å²) in [5, 5.41) is 0. The Kier molecular flexibility index (Phi) is 2.62. The third-order valence-electron chi connectivity index (χ3n) is 1.84. The lowest BCUT2D eigenvalue weighted by molar-refractivity contribution is 0.498. The van der Waals surface area contributed by atoms with Crippen LogP contribution in [0.3, 0.4) is 0 Å². The molecule has 1 aliphatic rings. The van der Waals surface area contributed by atoms with Gasteiger partial charge in [-0.15, -0.1) is 0 Å². The van der Waals surface area contributed by atoms with Crippen LogP contribution in [0.2, 0.25) is 0 Å². The monoisotopic (exact) mass is 132 g/mol. The molecule has 0 saturated heterocycles. The summed E-state index contributed by atoms with van der Waals surface area (Å²) >= 11 is 0. The van der Waals surface area contributed by atoms with E-state index in [-0.39, 0.29) is 0 Å². The summed E-state index contributed by atoms with van der Waals surface area (Å²) in [5.41, 5.74) is 0.615. The van der Waals surface area contributed by atoms with Gasteiger partial charge in [0.15, 0.2) is 0 Å². The van der Waals surface area contributed by atoms with Crippen molar-refractivity contribution in [3.05, 3.63) is 0 Å². The third kappa shape index (κ3) is 1.63. The van der Waals surface area contributed by atoms with Crippen LogP contribution in [0.5, 0.6) is 0 Å². The maximum Gasteiger partial charge on any atom is 0.0674 e. The quantitative estimate of drug-likeness (QED) is 0.499. The SMILES string of the molecule is O=[PH2]C1CCCCC1. The van der Waals surface area contributed by atoms with Gasteiger partial charge in [-0.2, -0.15) is 0 Å². The van der Waals surface area contributed by atoms with Gasteiger partial charge in [-0.05, 0) is 12.8 Å². The van der Waals surface area contributed by atoms with Crippen molar-refractivity contribution in [2.45, 2.75) is 37.8 Å². The number of rotatable bonds is 1.